The molecule has 0 amide bonds. The molecule has 0 aromatic carbocycles. The molecule has 1 aliphatic rings. The van der Waals surface area contributed by atoms with E-state index in [9.17, 15) is 25.2 Å². The Bertz CT molecular complexity index is 1020. The van der Waals surface area contributed by atoms with Gasteiger partial charge in [0.2, 0.25) is 0 Å². The van der Waals surface area contributed by atoms with Gasteiger partial charge < -0.3 is 39.4 Å². The molecule has 63 heavy (non-hydrogen) atoms. The zero-order valence-corrected chi connectivity index (χ0v) is 41.1. The number of esters is 1. The van der Waals surface area contributed by atoms with Crippen LogP contribution in [-0.2, 0) is 23.7 Å². The lowest BCUT2D eigenvalue weighted by molar-refractivity contribution is -0.305. The summed E-state index contributed by atoms with van der Waals surface area (Å²) < 4.78 is 22.9. The average molecular weight is 895 g/mol. The van der Waals surface area contributed by atoms with Crippen molar-refractivity contribution in [3.8, 4) is 0 Å². The van der Waals surface area contributed by atoms with Crippen LogP contribution in [0.15, 0.2) is 24.3 Å². The van der Waals surface area contributed by atoms with Crippen molar-refractivity contribution in [3.05, 3.63) is 24.3 Å². The topological polar surface area (TPSA) is 135 Å². The van der Waals surface area contributed by atoms with Gasteiger partial charge in [-0.15, -0.1) is 0 Å². The van der Waals surface area contributed by atoms with E-state index in [2.05, 4.69) is 38.2 Å². The zero-order chi connectivity index (χ0) is 45.7. The summed E-state index contributed by atoms with van der Waals surface area (Å²) in [5.41, 5.74) is 0. The maximum absolute atomic E-state index is 12.8. The highest BCUT2D eigenvalue weighted by atomic mass is 16.7. The van der Waals surface area contributed by atoms with E-state index in [0.717, 1.165) is 44.9 Å². The van der Waals surface area contributed by atoms with Crippen molar-refractivity contribution < 1.29 is 44.2 Å². The van der Waals surface area contributed by atoms with Gasteiger partial charge in [0, 0.05) is 13.0 Å². The zero-order valence-electron chi connectivity index (χ0n) is 41.1. The molecular weight excluding hydrogens is 793 g/mol. The van der Waals surface area contributed by atoms with E-state index < -0.39 is 43.4 Å². The Morgan fingerprint density at radius 3 is 1.29 bits per heavy atom. The number of carbonyl (C=O) groups excluding carboxylic acids is 1. The van der Waals surface area contributed by atoms with Crippen LogP contribution in [-0.4, -0.2) is 89.6 Å². The third-order valence-electron chi connectivity index (χ3n) is 12.6. The standard InChI is InChI=1S/C54H102O9/c1-3-5-7-9-11-13-15-17-19-20-21-22-23-24-25-26-27-28-29-30-32-34-36-38-40-42-44-60-46-48(47-61-54-53(59)52(58)51(57)49(45-55)63-54)62-50(56)43-41-39-37-35-33-31-18-16-14-12-10-8-6-4-2/h16,18,20-21,48-49,51-55,57-59H,3-15,17,19,22-47H2,1-2H3/b18-16-,21-20-. The highest BCUT2D eigenvalue weighted by Gasteiger charge is 2.44. The van der Waals surface area contributed by atoms with Gasteiger partial charge in [0.15, 0.2) is 6.29 Å². The summed E-state index contributed by atoms with van der Waals surface area (Å²) in [5, 5.41) is 40.2. The lowest BCUT2D eigenvalue weighted by Crippen LogP contribution is -2.59. The Labute approximate surface area is 387 Å². The van der Waals surface area contributed by atoms with Gasteiger partial charge in [-0.1, -0.05) is 205 Å². The third-order valence-corrected chi connectivity index (χ3v) is 12.6. The fraction of sp³-hybridized carbons (Fsp3) is 0.907. The molecule has 1 aliphatic heterocycles. The monoisotopic (exact) mass is 895 g/mol. The van der Waals surface area contributed by atoms with Gasteiger partial charge in [-0.05, 0) is 64.2 Å². The number of aliphatic hydroxyl groups excluding tert-OH is 4. The second kappa shape index (κ2) is 45.8. The normalized spacial score (nSPS) is 19.7. The number of allylic oxidation sites excluding steroid dienone is 4. The smallest absolute Gasteiger partial charge is 0.306 e. The van der Waals surface area contributed by atoms with Crippen LogP contribution in [0, 0.1) is 0 Å². The molecule has 4 N–H and O–H groups in total. The summed E-state index contributed by atoms with van der Waals surface area (Å²) in [6, 6.07) is 0. The van der Waals surface area contributed by atoms with Crippen molar-refractivity contribution >= 4 is 5.97 Å². The number of unbranched alkanes of at least 4 members (excludes halogenated alkanes) is 32. The van der Waals surface area contributed by atoms with Gasteiger partial charge in [-0.2, -0.15) is 0 Å². The molecule has 9 nitrogen and oxygen atoms in total. The molecule has 0 saturated carbocycles. The Morgan fingerprint density at radius 1 is 0.492 bits per heavy atom. The summed E-state index contributed by atoms with van der Waals surface area (Å²) in [5.74, 6) is -0.319. The van der Waals surface area contributed by atoms with E-state index in [4.69, 9.17) is 18.9 Å². The molecule has 0 spiro atoms. The molecule has 6 unspecified atom stereocenters. The Kier molecular flexibility index (Phi) is 43.4. The SMILES string of the molecule is CCCCCCC/C=C\CCCCCCCC(=O)OC(COCCCCCCCCCCCCCCCC/C=C\CCCCCCCCCC)COC1OC(CO)C(O)C(O)C1O. The Balaban J connectivity index is 2.13. The van der Waals surface area contributed by atoms with Gasteiger partial charge in [0.05, 0.1) is 19.8 Å². The van der Waals surface area contributed by atoms with E-state index >= 15 is 0 Å². The van der Waals surface area contributed by atoms with Crippen LogP contribution in [0.1, 0.15) is 251 Å². The molecule has 0 radical (unpaired) electrons. The van der Waals surface area contributed by atoms with E-state index in [1.54, 1.807) is 0 Å². The minimum Gasteiger partial charge on any atom is -0.457 e. The fourth-order valence-electron chi connectivity index (χ4n) is 8.37. The number of hydrogen-bond donors (Lipinski definition) is 4. The van der Waals surface area contributed by atoms with E-state index in [1.807, 2.05) is 0 Å². The third kappa shape index (κ3) is 36.5. The summed E-state index contributed by atoms with van der Waals surface area (Å²) in [7, 11) is 0. The molecular formula is C54H102O9. The molecule has 1 heterocycles. The van der Waals surface area contributed by atoms with Gasteiger partial charge in [-0.25, -0.2) is 0 Å². The molecule has 0 bridgehead atoms. The van der Waals surface area contributed by atoms with E-state index in [1.165, 1.54) is 186 Å². The van der Waals surface area contributed by atoms with Crippen LogP contribution in [0.2, 0.25) is 0 Å². The van der Waals surface area contributed by atoms with E-state index in [-0.39, 0.29) is 19.2 Å². The highest BCUT2D eigenvalue weighted by molar-refractivity contribution is 5.69. The molecule has 0 aromatic heterocycles. The van der Waals surface area contributed by atoms with Gasteiger partial charge in [-0.3, -0.25) is 4.79 Å². The van der Waals surface area contributed by atoms with Crippen molar-refractivity contribution in [1.29, 1.82) is 0 Å². The first-order chi connectivity index (χ1) is 30.9. The highest BCUT2D eigenvalue weighted by Crippen LogP contribution is 2.23. The molecule has 1 rings (SSSR count). The first-order valence-electron chi connectivity index (χ1n) is 26.9. The number of ether oxygens (including phenoxy) is 4. The quantitative estimate of drug-likeness (QED) is 0.0267. The minimum absolute atomic E-state index is 0.113. The summed E-state index contributed by atoms with van der Waals surface area (Å²) in [6.07, 6.45) is 48.0. The van der Waals surface area contributed by atoms with Crippen LogP contribution in [0.4, 0.5) is 0 Å². The molecule has 9 heteroatoms. The second-order valence-electron chi connectivity index (χ2n) is 18.7. The lowest BCUT2D eigenvalue weighted by Gasteiger charge is -2.39. The number of rotatable bonds is 47. The fourth-order valence-corrected chi connectivity index (χ4v) is 8.37. The van der Waals surface area contributed by atoms with Gasteiger partial charge in [0.1, 0.15) is 30.5 Å². The van der Waals surface area contributed by atoms with Crippen molar-refractivity contribution in [2.75, 3.05) is 26.4 Å². The lowest BCUT2D eigenvalue weighted by atomic mass is 9.99. The molecule has 1 saturated heterocycles. The van der Waals surface area contributed by atoms with Crippen molar-refractivity contribution in [2.45, 2.75) is 288 Å². The first-order valence-corrected chi connectivity index (χ1v) is 26.9. The van der Waals surface area contributed by atoms with Gasteiger partial charge >= 0.3 is 5.97 Å². The maximum atomic E-state index is 12.8. The largest absolute Gasteiger partial charge is 0.457 e. The van der Waals surface area contributed by atoms with Crippen molar-refractivity contribution in [1.82, 2.24) is 0 Å². The number of aliphatic hydroxyl groups is 4. The minimum atomic E-state index is -1.54. The number of carbonyl (C=O) groups is 1. The number of hydrogen-bond acceptors (Lipinski definition) is 9. The summed E-state index contributed by atoms with van der Waals surface area (Å²) >= 11 is 0. The van der Waals surface area contributed by atoms with Crippen LogP contribution in [0.25, 0.3) is 0 Å². The maximum Gasteiger partial charge on any atom is 0.306 e. The van der Waals surface area contributed by atoms with Crippen LogP contribution in [0.3, 0.4) is 0 Å². The molecule has 372 valence electrons. The van der Waals surface area contributed by atoms with Crippen LogP contribution >= 0.6 is 0 Å². The summed E-state index contributed by atoms with van der Waals surface area (Å²) in [6.45, 7) is 4.58. The predicted molar refractivity (Wildman–Crippen MR) is 261 cm³/mol. The second-order valence-corrected chi connectivity index (χ2v) is 18.7. The Hall–Kier alpha value is -1.33. The average Bonchev–Trinajstić information content (AvgIpc) is 3.28. The van der Waals surface area contributed by atoms with E-state index in [0.29, 0.717) is 13.0 Å². The Morgan fingerprint density at radius 2 is 0.873 bits per heavy atom. The predicted octanol–water partition coefficient (Wildman–Crippen LogP) is 13.3. The van der Waals surface area contributed by atoms with Crippen molar-refractivity contribution in [3.63, 3.8) is 0 Å². The molecule has 0 aliphatic carbocycles. The van der Waals surface area contributed by atoms with Crippen LogP contribution < -0.4 is 0 Å². The van der Waals surface area contributed by atoms with Crippen molar-refractivity contribution in [2.24, 2.45) is 0 Å². The molecule has 6 atom stereocenters. The van der Waals surface area contributed by atoms with Gasteiger partial charge in [0.25, 0.3) is 0 Å². The molecule has 1 fully saturated rings. The first kappa shape index (κ1) is 59.7. The molecule has 0 aromatic rings. The summed E-state index contributed by atoms with van der Waals surface area (Å²) in [4.78, 5) is 12.8. The van der Waals surface area contributed by atoms with Crippen LogP contribution in [0.5, 0.6) is 0 Å².